The van der Waals surface area contributed by atoms with Crippen LogP contribution in [-0.2, 0) is 4.79 Å². The van der Waals surface area contributed by atoms with Crippen LogP contribution in [0.15, 0.2) is 0 Å². The summed E-state index contributed by atoms with van der Waals surface area (Å²) < 4.78 is 0. The van der Waals surface area contributed by atoms with E-state index < -0.39 is 12.1 Å². The van der Waals surface area contributed by atoms with Crippen LogP contribution in [-0.4, -0.2) is 31.1 Å². The van der Waals surface area contributed by atoms with Gasteiger partial charge in [-0.2, -0.15) is 0 Å². The molecule has 0 rings (SSSR count). The van der Waals surface area contributed by atoms with Crippen LogP contribution >= 0.6 is 0 Å². The zero-order valence-electron chi connectivity index (χ0n) is 9.25. The molecule has 2 atom stereocenters. The summed E-state index contributed by atoms with van der Waals surface area (Å²) in [4.78, 5) is 21.7. The monoisotopic (exact) mass is 216 g/mol. The average Bonchev–Trinajstić information content (AvgIpc) is 2.21. The van der Waals surface area contributed by atoms with E-state index in [2.05, 4.69) is 10.6 Å². The van der Waals surface area contributed by atoms with Gasteiger partial charge in [-0.1, -0.05) is 20.3 Å². The Morgan fingerprint density at radius 1 is 1.27 bits per heavy atom. The summed E-state index contributed by atoms with van der Waals surface area (Å²) in [6, 6.07) is -1.10. The van der Waals surface area contributed by atoms with Crippen LogP contribution < -0.4 is 22.1 Å². The van der Waals surface area contributed by atoms with Gasteiger partial charge in [-0.25, -0.2) is 4.79 Å². The van der Waals surface area contributed by atoms with Crippen molar-refractivity contribution in [1.82, 2.24) is 10.6 Å². The smallest absolute Gasteiger partial charge is 0.312 e. The predicted molar refractivity (Wildman–Crippen MR) is 58.0 cm³/mol. The number of rotatable bonds is 6. The number of primary amides is 1. The van der Waals surface area contributed by atoms with Gasteiger partial charge in [0.25, 0.3) is 0 Å². The third-order valence-electron chi connectivity index (χ3n) is 2.28. The third kappa shape index (κ3) is 5.90. The number of carbonyl (C=O) groups excluding carboxylic acids is 2. The molecule has 0 bridgehead atoms. The van der Waals surface area contributed by atoms with Crippen LogP contribution in [0.5, 0.6) is 0 Å². The van der Waals surface area contributed by atoms with Crippen molar-refractivity contribution < 1.29 is 9.59 Å². The Morgan fingerprint density at radius 2 is 1.80 bits per heavy atom. The summed E-state index contributed by atoms with van der Waals surface area (Å²) in [5.74, 6) is -0.0512. The number of hydrogen-bond acceptors (Lipinski definition) is 3. The highest BCUT2D eigenvalue weighted by Crippen LogP contribution is 2.04. The van der Waals surface area contributed by atoms with Gasteiger partial charge in [-0.05, 0) is 5.92 Å². The summed E-state index contributed by atoms with van der Waals surface area (Å²) in [7, 11) is 0. The van der Waals surface area contributed by atoms with Crippen LogP contribution in [0.3, 0.4) is 0 Å². The molecule has 2 unspecified atom stereocenters. The summed E-state index contributed by atoms with van der Waals surface area (Å²) in [6.45, 7) is 4.55. The maximum Gasteiger partial charge on any atom is 0.312 e. The Hall–Kier alpha value is -1.30. The van der Waals surface area contributed by atoms with Gasteiger partial charge in [0.15, 0.2) is 0 Å². The zero-order chi connectivity index (χ0) is 11.8. The Labute approximate surface area is 89.8 Å². The first-order chi connectivity index (χ1) is 6.99. The average molecular weight is 216 g/mol. The lowest BCUT2D eigenvalue weighted by atomic mass is 9.99. The van der Waals surface area contributed by atoms with Gasteiger partial charge in [-0.15, -0.1) is 0 Å². The number of urea groups is 1. The van der Waals surface area contributed by atoms with E-state index in [-0.39, 0.29) is 11.8 Å². The van der Waals surface area contributed by atoms with Gasteiger partial charge in [0, 0.05) is 13.1 Å². The summed E-state index contributed by atoms with van der Waals surface area (Å²) in [5, 5.41) is 4.99. The van der Waals surface area contributed by atoms with E-state index in [4.69, 9.17) is 11.5 Å². The predicted octanol–water partition coefficient (Wildman–Crippen LogP) is -0.856. The summed E-state index contributed by atoms with van der Waals surface area (Å²) >= 11 is 0. The van der Waals surface area contributed by atoms with Gasteiger partial charge in [0.05, 0.1) is 6.04 Å². The molecule has 0 heterocycles. The van der Waals surface area contributed by atoms with Gasteiger partial charge in [0.1, 0.15) is 0 Å². The zero-order valence-corrected chi connectivity index (χ0v) is 9.25. The molecule has 0 spiro atoms. The Balaban J connectivity index is 3.69. The lowest BCUT2D eigenvalue weighted by Crippen LogP contribution is -2.47. The maximum absolute atomic E-state index is 11.4. The number of amides is 3. The molecule has 3 amide bonds. The minimum atomic E-state index is -0.601. The van der Waals surface area contributed by atoms with E-state index >= 15 is 0 Å². The first kappa shape index (κ1) is 13.7. The molecule has 15 heavy (non-hydrogen) atoms. The highest BCUT2D eigenvalue weighted by Gasteiger charge is 2.18. The molecule has 6 N–H and O–H groups in total. The third-order valence-corrected chi connectivity index (χ3v) is 2.28. The number of hydrogen-bond donors (Lipinski definition) is 4. The molecule has 0 saturated heterocycles. The molecule has 0 aliphatic rings. The van der Waals surface area contributed by atoms with Gasteiger partial charge in [0.2, 0.25) is 5.91 Å². The normalized spacial score (nSPS) is 14.1. The van der Waals surface area contributed by atoms with Crippen LogP contribution in [0.1, 0.15) is 20.3 Å². The second-order valence-electron chi connectivity index (χ2n) is 3.49. The maximum atomic E-state index is 11.4. The lowest BCUT2D eigenvalue weighted by Gasteiger charge is -2.17. The van der Waals surface area contributed by atoms with Crippen molar-refractivity contribution in [2.45, 2.75) is 26.3 Å². The molecule has 0 aromatic rings. The minimum absolute atomic E-state index is 0.147. The van der Waals surface area contributed by atoms with Crippen LogP contribution in [0.2, 0.25) is 0 Å². The Bertz CT molecular complexity index is 220. The van der Waals surface area contributed by atoms with Crippen molar-refractivity contribution >= 4 is 11.9 Å². The largest absolute Gasteiger partial charge is 0.353 e. The number of nitrogens with two attached hydrogens (primary N) is 2. The van der Waals surface area contributed by atoms with Crippen molar-refractivity contribution in [3.63, 3.8) is 0 Å². The first-order valence-corrected chi connectivity index (χ1v) is 5.05. The van der Waals surface area contributed by atoms with E-state index in [1.54, 1.807) is 0 Å². The molecule has 0 aliphatic heterocycles. The first-order valence-electron chi connectivity index (χ1n) is 5.05. The molecule has 88 valence electrons. The fourth-order valence-electron chi connectivity index (χ4n) is 1.00. The molecule has 6 heteroatoms. The van der Waals surface area contributed by atoms with Crippen molar-refractivity contribution in [1.29, 1.82) is 0 Å². The number of carbonyl (C=O) groups is 2. The molecule has 0 fully saturated rings. The fraction of sp³-hybridized carbons (Fsp3) is 0.778. The molecule has 0 aliphatic carbocycles. The van der Waals surface area contributed by atoms with E-state index in [9.17, 15) is 9.59 Å². The van der Waals surface area contributed by atoms with E-state index in [0.29, 0.717) is 13.1 Å². The number of nitrogens with one attached hydrogen (secondary N) is 2. The molecule has 0 aromatic heterocycles. The Kier molecular flexibility index (Phi) is 6.44. The molecule has 6 nitrogen and oxygen atoms in total. The van der Waals surface area contributed by atoms with E-state index in [1.165, 1.54) is 0 Å². The molecule has 0 saturated carbocycles. The second-order valence-corrected chi connectivity index (χ2v) is 3.49. The quantitative estimate of drug-likeness (QED) is 0.434. The lowest BCUT2D eigenvalue weighted by molar-refractivity contribution is -0.123. The van der Waals surface area contributed by atoms with Crippen LogP contribution in [0, 0.1) is 5.92 Å². The summed E-state index contributed by atoms with van der Waals surface area (Å²) in [5.41, 5.74) is 10.5. The van der Waals surface area contributed by atoms with Crippen molar-refractivity contribution in [2.75, 3.05) is 13.1 Å². The fourth-order valence-corrected chi connectivity index (χ4v) is 1.00. The minimum Gasteiger partial charge on any atom is -0.353 e. The van der Waals surface area contributed by atoms with E-state index in [1.807, 2.05) is 13.8 Å². The molecular formula is C9H20N4O2. The van der Waals surface area contributed by atoms with Crippen LogP contribution in [0.4, 0.5) is 4.79 Å². The van der Waals surface area contributed by atoms with Crippen molar-refractivity contribution in [2.24, 2.45) is 17.4 Å². The van der Waals surface area contributed by atoms with Gasteiger partial charge in [-0.3, -0.25) is 4.79 Å². The van der Waals surface area contributed by atoms with E-state index in [0.717, 1.165) is 6.42 Å². The standard InChI is InChI=1S/C9H20N4O2/c1-3-6(2)7(10)8(14)12-4-5-13-9(11)15/h6-7H,3-5,10H2,1-2H3,(H,12,14)(H3,11,13,15). The Morgan fingerprint density at radius 3 is 2.27 bits per heavy atom. The van der Waals surface area contributed by atoms with Gasteiger partial charge >= 0.3 is 6.03 Å². The van der Waals surface area contributed by atoms with Crippen molar-refractivity contribution in [3.8, 4) is 0 Å². The van der Waals surface area contributed by atoms with Gasteiger partial charge < -0.3 is 22.1 Å². The van der Waals surface area contributed by atoms with Crippen molar-refractivity contribution in [3.05, 3.63) is 0 Å². The summed E-state index contributed by atoms with van der Waals surface area (Å²) in [6.07, 6.45) is 0.855. The molecule has 0 aromatic carbocycles. The molecule has 0 radical (unpaired) electrons. The molecular weight excluding hydrogens is 196 g/mol. The van der Waals surface area contributed by atoms with Crippen LogP contribution in [0.25, 0.3) is 0 Å². The second kappa shape index (κ2) is 7.05. The highest BCUT2D eigenvalue weighted by molar-refractivity contribution is 5.81. The topological polar surface area (TPSA) is 110 Å². The highest BCUT2D eigenvalue weighted by atomic mass is 16.2. The SMILES string of the molecule is CCC(C)C(N)C(=O)NCCNC(N)=O.